The molecule has 7 nitrogen and oxygen atoms in total. The maximum atomic E-state index is 12.3. The Kier molecular flexibility index (Phi) is 5.56. The standard InChI is InChI=1S/C22H22N4O3/c27-21(11-5-14-26-19-9-3-4-10-20(19)29-22(26)28)23-15-17-7-1-2-8-18(17)16-25-13-6-12-24-25/h1-4,6-10,12-13H,5,11,14-16H2,(H,23,27). The average Bonchev–Trinajstić information content (AvgIpc) is 3.35. The summed E-state index contributed by atoms with van der Waals surface area (Å²) in [6.45, 7) is 1.57. The highest BCUT2D eigenvalue weighted by Crippen LogP contribution is 2.13. The van der Waals surface area contributed by atoms with Crippen molar-refractivity contribution in [3.05, 3.63) is 88.7 Å². The van der Waals surface area contributed by atoms with Gasteiger partial charge in [-0.25, -0.2) is 4.79 Å². The summed E-state index contributed by atoms with van der Waals surface area (Å²) in [6.07, 6.45) is 4.56. The van der Waals surface area contributed by atoms with Crippen LogP contribution >= 0.6 is 0 Å². The molecule has 148 valence electrons. The van der Waals surface area contributed by atoms with Gasteiger partial charge >= 0.3 is 5.76 Å². The molecule has 0 spiro atoms. The Morgan fingerprint density at radius 3 is 2.66 bits per heavy atom. The molecule has 2 heterocycles. The number of para-hydroxylation sites is 2. The van der Waals surface area contributed by atoms with Crippen LogP contribution in [0.5, 0.6) is 0 Å². The molecule has 0 unspecified atom stereocenters. The molecule has 2 aromatic carbocycles. The van der Waals surface area contributed by atoms with Crippen molar-refractivity contribution in [3.63, 3.8) is 0 Å². The molecule has 1 N–H and O–H groups in total. The number of amides is 1. The highest BCUT2D eigenvalue weighted by atomic mass is 16.4. The predicted octanol–water partition coefficient (Wildman–Crippen LogP) is 2.94. The first-order chi connectivity index (χ1) is 14.2. The minimum atomic E-state index is -0.390. The van der Waals surface area contributed by atoms with E-state index in [9.17, 15) is 9.59 Å². The van der Waals surface area contributed by atoms with Crippen LogP contribution in [-0.4, -0.2) is 20.3 Å². The molecular formula is C22H22N4O3. The van der Waals surface area contributed by atoms with Crippen molar-refractivity contribution < 1.29 is 9.21 Å². The molecule has 1 amide bonds. The van der Waals surface area contributed by atoms with E-state index in [4.69, 9.17) is 4.42 Å². The number of aryl methyl sites for hydroxylation is 1. The zero-order chi connectivity index (χ0) is 20.1. The third-order valence-corrected chi connectivity index (χ3v) is 4.85. The van der Waals surface area contributed by atoms with Crippen LogP contribution in [0.15, 0.2) is 76.2 Å². The zero-order valence-corrected chi connectivity index (χ0v) is 16.0. The Hall–Kier alpha value is -3.61. The Bertz CT molecular complexity index is 1160. The lowest BCUT2D eigenvalue weighted by atomic mass is 10.1. The van der Waals surface area contributed by atoms with E-state index in [0.29, 0.717) is 38.1 Å². The van der Waals surface area contributed by atoms with Crippen molar-refractivity contribution in [3.8, 4) is 0 Å². The van der Waals surface area contributed by atoms with Gasteiger partial charge < -0.3 is 9.73 Å². The second kappa shape index (κ2) is 8.60. The summed E-state index contributed by atoms with van der Waals surface area (Å²) in [5, 5.41) is 7.21. The average molecular weight is 390 g/mol. The summed E-state index contributed by atoms with van der Waals surface area (Å²) in [4.78, 5) is 24.3. The van der Waals surface area contributed by atoms with Crippen LogP contribution in [0.25, 0.3) is 11.1 Å². The van der Waals surface area contributed by atoms with E-state index in [-0.39, 0.29) is 11.7 Å². The van der Waals surface area contributed by atoms with Gasteiger partial charge in [-0.3, -0.25) is 14.0 Å². The fourth-order valence-electron chi connectivity index (χ4n) is 3.36. The van der Waals surface area contributed by atoms with Crippen LogP contribution in [0.2, 0.25) is 0 Å². The summed E-state index contributed by atoms with van der Waals surface area (Å²) < 4.78 is 8.64. The van der Waals surface area contributed by atoms with Gasteiger partial charge in [0.25, 0.3) is 0 Å². The van der Waals surface area contributed by atoms with E-state index < -0.39 is 0 Å². The number of aromatic nitrogens is 3. The molecule has 0 radical (unpaired) electrons. The first-order valence-electron chi connectivity index (χ1n) is 9.60. The second-order valence-electron chi connectivity index (χ2n) is 6.84. The lowest BCUT2D eigenvalue weighted by molar-refractivity contribution is -0.121. The number of hydrogen-bond acceptors (Lipinski definition) is 4. The Morgan fingerprint density at radius 1 is 1.03 bits per heavy atom. The fraction of sp³-hybridized carbons (Fsp3) is 0.227. The van der Waals surface area contributed by atoms with Crippen molar-refractivity contribution in [2.24, 2.45) is 0 Å². The van der Waals surface area contributed by atoms with E-state index in [0.717, 1.165) is 16.6 Å². The topological polar surface area (TPSA) is 82.1 Å². The molecule has 7 heteroatoms. The van der Waals surface area contributed by atoms with E-state index in [1.54, 1.807) is 16.8 Å². The van der Waals surface area contributed by atoms with Gasteiger partial charge in [0.1, 0.15) is 0 Å². The van der Waals surface area contributed by atoms with E-state index in [1.807, 2.05) is 59.4 Å². The van der Waals surface area contributed by atoms with Crippen LogP contribution in [0.4, 0.5) is 0 Å². The molecule has 0 saturated heterocycles. The number of nitrogens with zero attached hydrogens (tertiary/aromatic N) is 3. The Balaban J connectivity index is 1.31. The molecule has 2 aromatic heterocycles. The monoisotopic (exact) mass is 390 g/mol. The zero-order valence-electron chi connectivity index (χ0n) is 16.0. The minimum absolute atomic E-state index is 0.0419. The van der Waals surface area contributed by atoms with Gasteiger partial charge in [-0.2, -0.15) is 5.10 Å². The highest BCUT2D eigenvalue weighted by molar-refractivity contribution is 5.76. The van der Waals surface area contributed by atoms with Crippen molar-refractivity contribution in [1.29, 1.82) is 0 Å². The number of rotatable bonds is 8. The molecule has 29 heavy (non-hydrogen) atoms. The van der Waals surface area contributed by atoms with Gasteiger partial charge in [-0.1, -0.05) is 36.4 Å². The minimum Gasteiger partial charge on any atom is -0.408 e. The maximum absolute atomic E-state index is 12.3. The molecule has 0 aliphatic carbocycles. The number of carbonyl (C=O) groups is 1. The second-order valence-corrected chi connectivity index (χ2v) is 6.84. The van der Waals surface area contributed by atoms with Crippen LogP contribution in [0.1, 0.15) is 24.0 Å². The summed E-state index contributed by atoms with van der Waals surface area (Å²) >= 11 is 0. The van der Waals surface area contributed by atoms with Crippen LogP contribution in [-0.2, 0) is 24.4 Å². The molecule has 4 aromatic rings. The molecule has 4 rings (SSSR count). The number of fused-ring (bicyclic) bond motifs is 1. The molecule has 0 saturated carbocycles. The molecular weight excluding hydrogens is 368 g/mol. The van der Waals surface area contributed by atoms with Crippen molar-refractivity contribution >= 4 is 17.0 Å². The number of hydrogen-bond donors (Lipinski definition) is 1. The lowest BCUT2D eigenvalue weighted by Gasteiger charge is -2.11. The van der Waals surface area contributed by atoms with Crippen molar-refractivity contribution in [2.45, 2.75) is 32.5 Å². The maximum Gasteiger partial charge on any atom is 0.419 e. The van der Waals surface area contributed by atoms with Crippen LogP contribution < -0.4 is 11.1 Å². The molecule has 0 aliphatic heterocycles. The predicted molar refractivity (Wildman–Crippen MR) is 109 cm³/mol. The normalized spacial score (nSPS) is 11.0. The van der Waals surface area contributed by atoms with Crippen molar-refractivity contribution in [2.75, 3.05) is 0 Å². The van der Waals surface area contributed by atoms with Gasteiger partial charge in [-0.05, 0) is 35.7 Å². The van der Waals surface area contributed by atoms with E-state index in [1.165, 1.54) is 0 Å². The lowest BCUT2D eigenvalue weighted by Crippen LogP contribution is -2.24. The van der Waals surface area contributed by atoms with Gasteiger partial charge in [0, 0.05) is 31.9 Å². The highest BCUT2D eigenvalue weighted by Gasteiger charge is 2.10. The van der Waals surface area contributed by atoms with Gasteiger partial charge in [-0.15, -0.1) is 0 Å². The molecule has 0 fully saturated rings. The van der Waals surface area contributed by atoms with E-state index in [2.05, 4.69) is 10.4 Å². The third-order valence-electron chi connectivity index (χ3n) is 4.85. The third kappa shape index (κ3) is 4.45. The van der Waals surface area contributed by atoms with E-state index >= 15 is 0 Å². The van der Waals surface area contributed by atoms with Crippen LogP contribution in [0.3, 0.4) is 0 Å². The van der Waals surface area contributed by atoms with Gasteiger partial charge in [0.2, 0.25) is 5.91 Å². The summed E-state index contributed by atoms with van der Waals surface area (Å²) in [7, 11) is 0. The fourth-order valence-corrected chi connectivity index (χ4v) is 3.36. The molecule has 0 atom stereocenters. The van der Waals surface area contributed by atoms with Gasteiger partial charge in [0.05, 0.1) is 12.1 Å². The van der Waals surface area contributed by atoms with Crippen LogP contribution in [0, 0.1) is 0 Å². The quantitative estimate of drug-likeness (QED) is 0.501. The largest absolute Gasteiger partial charge is 0.419 e. The molecule has 0 aliphatic rings. The summed E-state index contributed by atoms with van der Waals surface area (Å²) in [6, 6.07) is 17.2. The number of carbonyl (C=O) groups excluding carboxylic acids is 1. The van der Waals surface area contributed by atoms with Gasteiger partial charge in [0.15, 0.2) is 5.58 Å². The van der Waals surface area contributed by atoms with Crippen molar-refractivity contribution in [1.82, 2.24) is 19.7 Å². The molecule has 0 bridgehead atoms. The SMILES string of the molecule is O=C(CCCn1c(=O)oc2ccccc21)NCc1ccccc1Cn1cccn1. The first-order valence-corrected chi connectivity index (χ1v) is 9.60. The number of oxazole rings is 1. The number of benzene rings is 2. The summed E-state index contributed by atoms with van der Waals surface area (Å²) in [5.41, 5.74) is 3.50. The summed E-state index contributed by atoms with van der Waals surface area (Å²) in [5.74, 6) is -0.432. The Morgan fingerprint density at radius 2 is 1.83 bits per heavy atom. The Labute approximate surface area is 167 Å². The smallest absolute Gasteiger partial charge is 0.408 e. The first kappa shape index (κ1) is 18.7. The number of nitrogens with one attached hydrogen (secondary N) is 1.